The zero-order chi connectivity index (χ0) is 14.4. The molecule has 0 saturated carbocycles. The molecule has 0 aliphatic carbocycles. The topological polar surface area (TPSA) is 44.7 Å². The van der Waals surface area contributed by atoms with E-state index in [0.29, 0.717) is 12.6 Å². The first-order valence-electron chi connectivity index (χ1n) is 7.51. The van der Waals surface area contributed by atoms with Crippen molar-refractivity contribution in [3.63, 3.8) is 0 Å². The fourth-order valence-corrected chi connectivity index (χ4v) is 2.90. The molecular weight excluding hydrogens is 252 g/mol. The summed E-state index contributed by atoms with van der Waals surface area (Å²) in [5, 5.41) is 13.6. The summed E-state index contributed by atoms with van der Waals surface area (Å²) in [6.45, 7) is 6.07. The Bertz CT molecular complexity index is 411. The van der Waals surface area contributed by atoms with Crippen LogP contribution in [0.4, 0.5) is 0 Å². The van der Waals surface area contributed by atoms with E-state index in [-0.39, 0.29) is 0 Å². The van der Waals surface area contributed by atoms with Crippen molar-refractivity contribution in [3.05, 3.63) is 29.8 Å². The second-order valence-electron chi connectivity index (χ2n) is 5.38. The molecular formula is C16H26N2O2. The van der Waals surface area contributed by atoms with E-state index in [1.807, 2.05) is 24.3 Å². The molecule has 1 saturated heterocycles. The van der Waals surface area contributed by atoms with Gasteiger partial charge in [0.05, 0.1) is 13.2 Å². The summed E-state index contributed by atoms with van der Waals surface area (Å²) in [7, 11) is 1.64. The van der Waals surface area contributed by atoms with Gasteiger partial charge < -0.3 is 15.2 Å². The van der Waals surface area contributed by atoms with Gasteiger partial charge in [-0.1, -0.05) is 19.1 Å². The van der Waals surface area contributed by atoms with Crippen LogP contribution in [0.15, 0.2) is 24.3 Å². The van der Waals surface area contributed by atoms with Gasteiger partial charge in [-0.15, -0.1) is 0 Å². The van der Waals surface area contributed by atoms with Crippen LogP contribution in [0.3, 0.4) is 0 Å². The van der Waals surface area contributed by atoms with Crippen molar-refractivity contribution in [2.75, 3.05) is 33.3 Å². The van der Waals surface area contributed by atoms with E-state index >= 15 is 0 Å². The van der Waals surface area contributed by atoms with Gasteiger partial charge in [-0.05, 0) is 43.6 Å². The number of aliphatic hydroxyl groups is 1. The Kier molecular flexibility index (Phi) is 5.83. The molecule has 2 rings (SSSR count). The van der Waals surface area contributed by atoms with Gasteiger partial charge in [0, 0.05) is 19.1 Å². The highest BCUT2D eigenvalue weighted by atomic mass is 16.5. The molecule has 1 heterocycles. The number of ether oxygens (including phenoxy) is 1. The molecule has 0 aromatic heterocycles. The molecule has 112 valence electrons. The average molecular weight is 278 g/mol. The predicted octanol–water partition coefficient (Wildman–Crippen LogP) is 1.80. The van der Waals surface area contributed by atoms with Gasteiger partial charge in [-0.2, -0.15) is 0 Å². The standard InChI is InChI=1S/C16H26N2O2/c1-3-18-9-5-7-14(18)11-17-12-16(19)13-6-4-8-15(10-13)20-2/h4,6,8,10,14,16-17,19H,3,5,7,9,11-12H2,1-2H3. The maximum absolute atomic E-state index is 10.2. The summed E-state index contributed by atoms with van der Waals surface area (Å²) < 4.78 is 5.18. The molecule has 1 aromatic rings. The number of aliphatic hydroxyl groups excluding tert-OH is 1. The van der Waals surface area contributed by atoms with E-state index in [1.54, 1.807) is 7.11 Å². The lowest BCUT2D eigenvalue weighted by atomic mass is 10.1. The van der Waals surface area contributed by atoms with E-state index in [1.165, 1.54) is 19.4 Å². The zero-order valence-corrected chi connectivity index (χ0v) is 12.5. The van der Waals surface area contributed by atoms with Crippen LogP contribution in [0.2, 0.25) is 0 Å². The Morgan fingerprint density at radius 2 is 2.35 bits per heavy atom. The third-order valence-electron chi connectivity index (χ3n) is 4.10. The van der Waals surface area contributed by atoms with Crippen LogP contribution in [-0.4, -0.2) is 49.3 Å². The Morgan fingerprint density at radius 1 is 1.50 bits per heavy atom. The van der Waals surface area contributed by atoms with Gasteiger partial charge in [0.1, 0.15) is 5.75 Å². The second kappa shape index (κ2) is 7.62. The summed E-state index contributed by atoms with van der Waals surface area (Å²) >= 11 is 0. The quantitative estimate of drug-likeness (QED) is 0.798. The lowest BCUT2D eigenvalue weighted by molar-refractivity contribution is 0.168. The molecule has 0 amide bonds. The Hall–Kier alpha value is -1.10. The highest BCUT2D eigenvalue weighted by Gasteiger charge is 2.22. The molecule has 2 atom stereocenters. The van der Waals surface area contributed by atoms with Crippen molar-refractivity contribution in [1.82, 2.24) is 10.2 Å². The fraction of sp³-hybridized carbons (Fsp3) is 0.625. The minimum atomic E-state index is -0.485. The number of rotatable bonds is 7. The molecule has 1 fully saturated rings. The number of nitrogens with one attached hydrogen (secondary N) is 1. The SMILES string of the molecule is CCN1CCCC1CNCC(O)c1cccc(OC)c1. The molecule has 1 aliphatic heterocycles. The van der Waals surface area contributed by atoms with Crippen molar-refractivity contribution < 1.29 is 9.84 Å². The number of hydrogen-bond donors (Lipinski definition) is 2. The third kappa shape index (κ3) is 3.95. The van der Waals surface area contributed by atoms with E-state index < -0.39 is 6.10 Å². The number of benzene rings is 1. The van der Waals surface area contributed by atoms with Crippen LogP contribution < -0.4 is 10.1 Å². The largest absolute Gasteiger partial charge is 0.497 e. The summed E-state index contributed by atoms with van der Waals surface area (Å²) in [5.74, 6) is 0.787. The molecule has 1 aliphatic rings. The number of hydrogen-bond acceptors (Lipinski definition) is 4. The fourth-order valence-electron chi connectivity index (χ4n) is 2.90. The van der Waals surface area contributed by atoms with Crippen molar-refractivity contribution in [2.45, 2.75) is 31.9 Å². The molecule has 0 radical (unpaired) electrons. The summed E-state index contributed by atoms with van der Waals surface area (Å²) in [5.41, 5.74) is 0.899. The predicted molar refractivity (Wildman–Crippen MR) is 81.1 cm³/mol. The van der Waals surface area contributed by atoms with Crippen molar-refractivity contribution in [3.8, 4) is 5.75 Å². The Labute approximate surface area is 121 Å². The molecule has 20 heavy (non-hydrogen) atoms. The summed E-state index contributed by atoms with van der Waals surface area (Å²) in [6, 6.07) is 8.25. The Balaban J connectivity index is 1.78. The monoisotopic (exact) mass is 278 g/mol. The lowest BCUT2D eigenvalue weighted by Gasteiger charge is -2.23. The summed E-state index contributed by atoms with van der Waals surface area (Å²) in [4.78, 5) is 2.50. The highest BCUT2D eigenvalue weighted by molar-refractivity contribution is 5.29. The first kappa shape index (κ1) is 15.3. The first-order chi connectivity index (χ1) is 9.74. The van der Waals surface area contributed by atoms with Gasteiger partial charge in [-0.25, -0.2) is 0 Å². The molecule has 2 unspecified atom stereocenters. The molecule has 4 heteroatoms. The van der Waals surface area contributed by atoms with Gasteiger partial charge >= 0.3 is 0 Å². The maximum atomic E-state index is 10.2. The summed E-state index contributed by atoms with van der Waals surface area (Å²) in [6.07, 6.45) is 2.07. The second-order valence-corrected chi connectivity index (χ2v) is 5.38. The highest BCUT2D eigenvalue weighted by Crippen LogP contribution is 2.19. The molecule has 0 spiro atoms. The van der Waals surface area contributed by atoms with Crippen LogP contribution in [0, 0.1) is 0 Å². The normalized spacial score (nSPS) is 21.1. The lowest BCUT2D eigenvalue weighted by Crippen LogP contribution is -2.39. The van der Waals surface area contributed by atoms with Crippen LogP contribution in [0.1, 0.15) is 31.4 Å². The van der Waals surface area contributed by atoms with Crippen LogP contribution >= 0.6 is 0 Å². The van der Waals surface area contributed by atoms with E-state index in [2.05, 4.69) is 17.1 Å². The third-order valence-corrected chi connectivity index (χ3v) is 4.10. The van der Waals surface area contributed by atoms with E-state index in [4.69, 9.17) is 4.74 Å². The van der Waals surface area contributed by atoms with Crippen molar-refractivity contribution in [2.24, 2.45) is 0 Å². The van der Waals surface area contributed by atoms with Crippen molar-refractivity contribution >= 4 is 0 Å². The first-order valence-corrected chi connectivity index (χ1v) is 7.51. The van der Waals surface area contributed by atoms with Gasteiger partial charge in [0.15, 0.2) is 0 Å². The zero-order valence-electron chi connectivity index (χ0n) is 12.5. The van der Waals surface area contributed by atoms with Gasteiger partial charge in [0.25, 0.3) is 0 Å². The van der Waals surface area contributed by atoms with Gasteiger partial charge in [0.2, 0.25) is 0 Å². The maximum Gasteiger partial charge on any atom is 0.119 e. The molecule has 0 bridgehead atoms. The average Bonchev–Trinajstić information content (AvgIpc) is 2.94. The van der Waals surface area contributed by atoms with E-state index in [9.17, 15) is 5.11 Å². The Morgan fingerprint density at radius 3 is 3.10 bits per heavy atom. The molecule has 2 N–H and O–H groups in total. The number of methoxy groups -OCH3 is 1. The van der Waals surface area contributed by atoms with E-state index in [0.717, 1.165) is 24.4 Å². The molecule has 4 nitrogen and oxygen atoms in total. The minimum absolute atomic E-state index is 0.485. The minimum Gasteiger partial charge on any atom is -0.497 e. The number of nitrogens with zero attached hydrogens (tertiary/aromatic N) is 1. The van der Waals surface area contributed by atoms with Crippen molar-refractivity contribution in [1.29, 1.82) is 0 Å². The van der Waals surface area contributed by atoms with Crippen LogP contribution in [-0.2, 0) is 0 Å². The van der Waals surface area contributed by atoms with Crippen LogP contribution in [0.5, 0.6) is 5.75 Å². The van der Waals surface area contributed by atoms with Gasteiger partial charge in [-0.3, -0.25) is 4.90 Å². The molecule has 1 aromatic carbocycles. The number of likely N-dealkylation sites (N-methyl/N-ethyl adjacent to an activating group) is 1. The van der Waals surface area contributed by atoms with Crippen LogP contribution in [0.25, 0.3) is 0 Å². The number of likely N-dealkylation sites (tertiary alicyclic amines) is 1. The smallest absolute Gasteiger partial charge is 0.119 e.